The zero-order valence-electron chi connectivity index (χ0n) is 10.2. The van der Waals surface area contributed by atoms with Crippen LogP contribution in [-0.4, -0.2) is 37.6 Å². The third-order valence-corrected chi connectivity index (χ3v) is 2.51. The third-order valence-electron chi connectivity index (χ3n) is 2.51. The van der Waals surface area contributed by atoms with Crippen molar-refractivity contribution in [3.05, 3.63) is 29.3 Å². The van der Waals surface area contributed by atoms with E-state index < -0.39 is 5.97 Å². The number of hydrogen-bond acceptors (Lipinski definition) is 3. The predicted octanol–water partition coefficient (Wildman–Crippen LogP) is 0.875. The molecule has 0 unspecified atom stereocenters. The van der Waals surface area contributed by atoms with Crippen molar-refractivity contribution >= 4 is 17.6 Å². The zero-order valence-corrected chi connectivity index (χ0v) is 10.2. The molecule has 0 atom stereocenters. The molecule has 0 aliphatic heterocycles. The first-order valence-corrected chi connectivity index (χ1v) is 5.21. The minimum Gasteiger partial charge on any atom is -0.478 e. The Morgan fingerprint density at radius 2 is 2.06 bits per heavy atom. The van der Waals surface area contributed by atoms with E-state index in [4.69, 9.17) is 5.11 Å². The van der Waals surface area contributed by atoms with Gasteiger partial charge in [-0.05, 0) is 30.7 Å². The molecule has 2 N–H and O–H groups in total. The maximum absolute atomic E-state index is 11.2. The van der Waals surface area contributed by atoms with E-state index in [0.29, 0.717) is 0 Å². The number of amides is 1. The van der Waals surface area contributed by atoms with Crippen molar-refractivity contribution in [3.63, 3.8) is 0 Å². The van der Waals surface area contributed by atoms with Gasteiger partial charge >= 0.3 is 5.97 Å². The van der Waals surface area contributed by atoms with Crippen LogP contribution in [0.4, 0.5) is 5.69 Å². The summed E-state index contributed by atoms with van der Waals surface area (Å²) in [5, 5.41) is 11.4. The maximum Gasteiger partial charge on any atom is 0.335 e. The Hall–Kier alpha value is -2.04. The monoisotopic (exact) mass is 236 g/mol. The molecule has 1 aromatic carbocycles. The largest absolute Gasteiger partial charge is 0.478 e. The fraction of sp³-hybridized carbons (Fsp3) is 0.333. The Morgan fingerprint density at radius 3 is 2.53 bits per heavy atom. The van der Waals surface area contributed by atoms with Gasteiger partial charge in [-0.15, -0.1) is 0 Å². The molecule has 92 valence electrons. The van der Waals surface area contributed by atoms with Crippen LogP contribution in [0.1, 0.15) is 15.9 Å². The molecule has 5 nitrogen and oxygen atoms in total. The molecule has 0 spiro atoms. The summed E-state index contributed by atoms with van der Waals surface area (Å²) in [6.45, 7) is 2.06. The fourth-order valence-corrected chi connectivity index (χ4v) is 1.60. The van der Waals surface area contributed by atoms with Gasteiger partial charge in [0.25, 0.3) is 0 Å². The van der Waals surface area contributed by atoms with Gasteiger partial charge in [0.1, 0.15) is 0 Å². The number of anilines is 1. The van der Waals surface area contributed by atoms with Gasteiger partial charge in [-0.2, -0.15) is 0 Å². The van der Waals surface area contributed by atoms with E-state index in [9.17, 15) is 9.59 Å². The van der Waals surface area contributed by atoms with Crippen LogP contribution in [0.25, 0.3) is 0 Å². The number of aromatic carboxylic acids is 1. The van der Waals surface area contributed by atoms with E-state index in [1.165, 1.54) is 6.07 Å². The van der Waals surface area contributed by atoms with Crippen molar-refractivity contribution in [2.75, 3.05) is 25.5 Å². The first-order chi connectivity index (χ1) is 7.95. The van der Waals surface area contributed by atoms with Crippen molar-refractivity contribution in [3.8, 4) is 0 Å². The van der Waals surface area contributed by atoms with Crippen molar-refractivity contribution in [1.82, 2.24) is 5.32 Å². The number of nitrogens with one attached hydrogen (secondary N) is 1. The lowest BCUT2D eigenvalue weighted by Crippen LogP contribution is -2.33. The average Bonchev–Trinajstić information content (AvgIpc) is 2.28. The summed E-state index contributed by atoms with van der Waals surface area (Å²) in [6.07, 6.45) is 0. The van der Waals surface area contributed by atoms with Crippen LogP contribution in [0.15, 0.2) is 18.2 Å². The Morgan fingerprint density at radius 1 is 1.41 bits per heavy atom. The second-order valence-corrected chi connectivity index (χ2v) is 3.84. The highest BCUT2D eigenvalue weighted by molar-refractivity contribution is 5.89. The number of carbonyl (C=O) groups is 2. The molecule has 0 fully saturated rings. The molecular formula is C12H16N2O3. The van der Waals surface area contributed by atoms with Crippen molar-refractivity contribution < 1.29 is 14.7 Å². The summed E-state index contributed by atoms with van der Waals surface area (Å²) in [7, 11) is 3.37. The smallest absolute Gasteiger partial charge is 0.335 e. The van der Waals surface area contributed by atoms with Gasteiger partial charge in [-0.25, -0.2) is 4.79 Å². The summed E-state index contributed by atoms with van der Waals surface area (Å²) in [6, 6.07) is 4.84. The number of benzene rings is 1. The Bertz CT molecular complexity index is 443. The Balaban J connectivity index is 2.92. The summed E-state index contributed by atoms with van der Waals surface area (Å²) in [5.74, 6) is -1.04. The minimum atomic E-state index is -0.950. The standard InChI is InChI=1S/C12H16N2O3/c1-8-6-9(12(16)17)4-5-10(8)14(3)7-11(15)13-2/h4-6H,7H2,1-3H3,(H,13,15)(H,16,17). The number of aryl methyl sites for hydroxylation is 1. The third kappa shape index (κ3) is 3.21. The minimum absolute atomic E-state index is 0.0887. The van der Waals surface area contributed by atoms with E-state index in [1.807, 2.05) is 6.92 Å². The van der Waals surface area contributed by atoms with E-state index in [1.54, 1.807) is 31.1 Å². The van der Waals surface area contributed by atoms with Gasteiger partial charge in [0.2, 0.25) is 5.91 Å². The quantitative estimate of drug-likeness (QED) is 0.814. The number of carboxylic acids is 1. The van der Waals surface area contributed by atoms with Crippen LogP contribution in [0, 0.1) is 6.92 Å². The zero-order chi connectivity index (χ0) is 13.0. The number of carboxylic acid groups (broad SMARTS) is 1. The highest BCUT2D eigenvalue weighted by Crippen LogP contribution is 2.19. The molecule has 1 rings (SSSR count). The SMILES string of the molecule is CNC(=O)CN(C)c1ccc(C(=O)O)cc1C. The second kappa shape index (κ2) is 5.34. The number of hydrogen-bond donors (Lipinski definition) is 2. The average molecular weight is 236 g/mol. The Kier molecular flexibility index (Phi) is 4.09. The number of likely N-dealkylation sites (N-methyl/N-ethyl adjacent to an activating group) is 2. The van der Waals surface area contributed by atoms with Crippen LogP contribution in [0.5, 0.6) is 0 Å². The van der Waals surface area contributed by atoms with Crippen LogP contribution in [0.3, 0.4) is 0 Å². The number of carbonyl (C=O) groups excluding carboxylic acids is 1. The molecule has 0 aliphatic rings. The normalized spacial score (nSPS) is 9.82. The molecule has 0 bridgehead atoms. The highest BCUT2D eigenvalue weighted by Gasteiger charge is 2.10. The van der Waals surface area contributed by atoms with Crippen molar-refractivity contribution in [2.45, 2.75) is 6.92 Å². The van der Waals surface area contributed by atoms with Crippen molar-refractivity contribution in [2.24, 2.45) is 0 Å². The molecular weight excluding hydrogens is 220 g/mol. The lowest BCUT2D eigenvalue weighted by molar-refractivity contribution is -0.119. The molecule has 17 heavy (non-hydrogen) atoms. The molecule has 1 aromatic rings. The number of nitrogens with zero attached hydrogens (tertiary/aromatic N) is 1. The first-order valence-electron chi connectivity index (χ1n) is 5.21. The van der Waals surface area contributed by atoms with E-state index in [2.05, 4.69) is 5.32 Å². The molecule has 0 aromatic heterocycles. The van der Waals surface area contributed by atoms with Gasteiger partial charge in [-0.3, -0.25) is 4.79 Å². The topological polar surface area (TPSA) is 69.6 Å². The van der Waals surface area contributed by atoms with Gasteiger partial charge in [0.15, 0.2) is 0 Å². The van der Waals surface area contributed by atoms with Gasteiger partial charge in [-0.1, -0.05) is 0 Å². The van der Waals surface area contributed by atoms with E-state index >= 15 is 0 Å². The molecule has 1 amide bonds. The lowest BCUT2D eigenvalue weighted by Gasteiger charge is -2.20. The number of rotatable bonds is 4. The molecule has 0 radical (unpaired) electrons. The van der Waals surface area contributed by atoms with Gasteiger partial charge in [0, 0.05) is 19.8 Å². The van der Waals surface area contributed by atoms with Crippen LogP contribution in [0.2, 0.25) is 0 Å². The summed E-state index contributed by atoms with van der Waals surface area (Å²) in [5.41, 5.74) is 1.93. The first kappa shape index (κ1) is 13.0. The van der Waals surface area contributed by atoms with E-state index in [0.717, 1.165) is 11.3 Å². The van der Waals surface area contributed by atoms with Gasteiger partial charge < -0.3 is 15.3 Å². The molecule has 0 saturated carbocycles. The van der Waals surface area contributed by atoms with Gasteiger partial charge in [0.05, 0.1) is 12.1 Å². The van der Waals surface area contributed by atoms with Crippen LogP contribution < -0.4 is 10.2 Å². The molecule has 0 saturated heterocycles. The summed E-state index contributed by atoms with van der Waals surface area (Å²) < 4.78 is 0. The summed E-state index contributed by atoms with van der Waals surface area (Å²) >= 11 is 0. The Labute approximate surface area is 100 Å². The molecule has 0 aliphatic carbocycles. The highest BCUT2D eigenvalue weighted by atomic mass is 16.4. The summed E-state index contributed by atoms with van der Waals surface area (Å²) in [4.78, 5) is 23.8. The van der Waals surface area contributed by atoms with E-state index in [-0.39, 0.29) is 18.0 Å². The maximum atomic E-state index is 11.2. The fourth-order valence-electron chi connectivity index (χ4n) is 1.60. The lowest BCUT2D eigenvalue weighted by atomic mass is 10.1. The van der Waals surface area contributed by atoms with Crippen LogP contribution >= 0.6 is 0 Å². The van der Waals surface area contributed by atoms with Crippen LogP contribution in [-0.2, 0) is 4.79 Å². The second-order valence-electron chi connectivity index (χ2n) is 3.84. The van der Waals surface area contributed by atoms with Crippen molar-refractivity contribution in [1.29, 1.82) is 0 Å². The predicted molar refractivity (Wildman–Crippen MR) is 65.5 cm³/mol. The molecule has 0 heterocycles. The molecule has 5 heteroatoms.